The standard InChI is InChI=1S/C17H19Cl2N3O/c1-2-3-4-10-20-17(23)15-9-8-12(11-21-15)22-16-13(18)6-5-7-14(16)19/h5-9,11,22H,2-4,10H2,1H3,(H,20,23). The Morgan fingerprint density at radius 2 is 1.87 bits per heavy atom. The molecule has 0 radical (unpaired) electrons. The molecule has 2 rings (SSSR count). The van der Waals surface area contributed by atoms with E-state index in [-0.39, 0.29) is 5.91 Å². The van der Waals surface area contributed by atoms with Gasteiger partial charge in [-0.25, -0.2) is 4.98 Å². The van der Waals surface area contributed by atoms with Gasteiger partial charge in [0.2, 0.25) is 0 Å². The van der Waals surface area contributed by atoms with Crippen molar-refractivity contribution in [3.63, 3.8) is 0 Å². The van der Waals surface area contributed by atoms with Crippen LogP contribution in [0.4, 0.5) is 11.4 Å². The minimum absolute atomic E-state index is 0.163. The van der Waals surface area contributed by atoms with Crippen LogP contribution in [0.3, 0.4) is 0 Å². The fourth-order valence-corrected chi connectivity index (χ4v) is 2.52. The van der Waals surface area contributed by atoms with Crippen LogP contribution in [0.15, 0.2) is 36.5 Å². The number of hydrogen-bond donors (Lipinski definition) is 2. The van der Waals surface area contributed by atoms with Crippen LogP contribution < -0.4 is 10.6 Å². The monoisotopic (exact) mass is 351 g/mol. The van der Waals surface area contributed by atoms with Crippen LogP contribution in [-0.4, -0.2) is 17.4 Å². The number of rotatable bonds is 7. The third-order valence-corrected chi connectivity index (χ3v) is 3.92. The minimum atomic E-state index is -0.163. The maximum absolute atomic E-state index is 11.9. The highest BCUT2D eigenvalue weighted by Gasteiger charge is 2.08. The third kappa shape index (κ3) is 5.12. The Labute approximate surface area is 146 Å². The van der Waals surface area contributed by atoms with E-state index in [2.05, 4.69) is 22.5 Å². The second kappa shape index (κ2) is 8.75. The Morgan fingerprint density at radius 1 is 1.13 bits per heavy atom. The van der Waals surface area contributed by atoms with Crippen LogP contribution in [0, 0.1) is 0 Å². The van der Waals surface area contributed by atoms with E-state index in [0.717, 1.165) is 19.3 Å². The molecule has 0 bridgehead atoms. The first kappa shape index (κ1) is 17.6. The first-order chi connectivity index (χ1) is 11.1. The molecule has 0 spiro atoms. The van der Waals surface area contributed by atoms with Crippen molar-refractivity contribution < 1.29 is 4.79 Å². The highest BCUT2D eigenvalue weighted by atomic mass is 35.5. The zero-order valence-electron chi connectivity index (χ0n) is 12.9. The van der Waals surface area contributed by atoms with Crippen molar-refractivity contribution in [3.05, 3.63) is 52.3 Å². The van der Waals surface area contributed by atoms with Gasteiger partial charge in [-0.3, -0.25) is 4.79 Å². The molecule has 1 amide bonds. The molecule has 2 aromatic rings. The molecule has 0 fully saturated rings. The second-order valence-electron chi connectivity index (χ2n) is 5.12. The van der Waals surface area contributed by atoms with E-state index in [1.807, 2.05) is 0 Å². The van der Waals surface area contributed by atoms with Crippen molar-refractivity contribution in [1.29, 1.82) is 0 Å². The summed E-state index contributed by atoms with van der Waals surface area (Å²) in [7, 11) is 0. The number of unbranched alkanes of at least 4 members (excludes halogenated alkanes) is 2. The lowest BCUT2D eigenvalue weighted by molar-refractivity contribution is 0.0948. The molecule has 0 saturated carbocycles. The summed E-state index contributed by atoms with van der Waals surface area (Å²) in [5.41, 5.74) is 1.72. The van der Waals surface area contributed by atoms with Crippen molar-refractivity contribution in [2.45, 2.75) is 26.2 Å². The lowest BCUT2D eigenvalue weighted by Crippen LogP contribution is -2.25. The lowest BCUT2D eigenvalue weighted by Gasteiger charge is -2.10. The quantitative estimate of drug-likeness (QED) is 0.686. The van der Waals surface area contributed by atoms with Gasteiger partial charge in [0.1, 0.15) is 5.69 Å². The summed E-state index contributed by atoms with van der Waals surface area (Å²) in [6.45, 7) is 2.80. The van der Waals surface area contributed by atoms with E-state index >= 15 is 0 Å². The number of anilines is 2. The molecule has 1 aromatic heterocycles. The predicted molar refractivity (Wildman–Crippen MR) is 95.8 cm³/mol. The number of pyridine rings is 1. The molecule has 122 valence electrons. The van der Waals surface area contributed by atoms with Crippen LogP contribution in [0.1, 0.15) is 36.7 Å². The van der Waals surface area contributed by atoms with Gasteiger partial charge in [-0.05, 0) is 30.7 Å². The summed E-state index contributed by atoms with van der Waals surface area (Å²) >= 11 is 12.2. The largest absolute Gasteiger partial charge is 0.352 e. The second-order valence-corrected chi connectivity index (χ2v) is 5.93. The minimum Gasteiger partial charge on any atom is -0.352 e. The summed E-state index contributed by atoms with van der Waals surface area (Å²) in [5, 5.41) is 7.01. The number of benzene rings is 1. The molecule has 0 aliphatic carbocycles. The number of amides is 1. The fourth-order valence-electron chi connectivity index (χ4n) is 2.03. The van der Waals surface area contributed by atoms with Crippen LogP contribution in [0.5, 0.6) is 0 Å². The van der Waals surface area contributed by atoms with Crippen LogP contribution >= 0.6 is 23.2 Å². The Kier molecular flexibility index (Phi) is 6.68. The highest BCUT2D eigenvalue weighted by molar-refractivity contribution is 6.39. The fraction of sp³-hybridized carbons (Fsp3) is 0.294. The van der Waals surface area contributed by atoms with E-state index in [4.69, 9.17) is 23.2 Å². The van der Waals surface area contributed by atoms with Crippen molar-refractivity contribution >= 4 is 40.5 Å². The van der Waals surface area contributed by atoms with Crippen molar-refractivity contribution in [2.24, 2.45) is 0 Å². The van der Waals surface area contributed by atoms with E-state index in [1.165, 1.54) is 0 Å². The topological polar surface area (TPSA) is 54.0 Å². The number of nitrogens with zero attached hydrogens (tertiary/aromatic N) is 1. The maximum atomic E-state index is 11.9. The van der Waals surface area contributed by atoms with Gasteiger partial charge in [-0.2, -0.15) is 0 Å². The first-order valence-electron chi connectivity index (χ1n) is 7.57. The molecule has 23 heavy (non-hydrogen) atoms. The van der Waals surface area contributed by atoms with Gasteiger partial charge in [0.05, 0.1) is 27.6 Å². The summed E-state index contributed by atoms with van der Waals surface area (Å²) in [6, 6.07) is 8.72. The van der Waals surface area contributed by atoms with Crippen molar-refractivity contribution in [2.75, 3.05) is 11.9 Å². The Bertz CT molecular complexity index is 639. The number of aromatic nitrogens is 1. The van der Waals surface area contributed by atoms with Gasteiger partial charge in [-0.1, -0.05) is 49.0 Å². The molecule has 4 nitrogen and oxygen atoms in total. The number of nitrogens with one attached hydrogen (secondary N) is 2. The average molecular weight is 352 g/mol. The number of carbonyl (C=O) groups excluding carboxylic acids is 1. The predicted octanol–water partition coefficient (Wildman–Crippen LogP) is 5.05. The van der Waals surface area contributed by atoms with E-state index in [1.54, 1.807) is 36.5 Å². The normalized spacial score (nSPS) is 10.4. The van der Waals surface area contributed by atoms with Crippen molar-refractivity contribution in [1.82, 2.24) is 10.3 Å². The Morgan fingerprint density at radius 3 is 2.48 bits per heavy atom. The summed E-state index contributed by atoms with van der Waals surface area (Å²) < 4.78 is 0. The van der Waals surface area contributed by atoms with Gasteiger partial charge < -0.3 is 10.6 Å². The lowest BCUT2D eigenvalue weighted by atomic mass is 10.2. The Balaban J connectivity index is 1.98. The summed E-state index contributed by atoms with van der Waals surface area (Å²) in [5.74, 6) is -0.163. The summed E-state index contributed by atoms with van der Waals surface area (Å²) in [4.78, 5) is 16.1. The van der Waals surface area contributed by atoms with Crippen LogP contribution in [-0.2, 0) is 0 Å². The molecule has 6 heteroatoms. The third-order valence-electron chi connectivity index (χ3n) is 3.29. The molecule has 1 heterocycles. The van der Waals surface area contributed by atoms with Crippen molar-refractivity contribution in [3.8, 4) is 0 Å². The highest BCUT2D eigenvalue weighted by Crippen LogP contribution is 2.32. The Hall–Kier alpha value is -1.78. The van der Waals surface area contributed by atoms with Gasteiger partial charge >= 0.3 is 0 Å². The molecule has 2 N–H and O–H groups in total. The SMILES string of the molecule is CCCCCNC(=O)c1ccc(Nc2c(Cl)cccc2Cl)cn1. The molecule has 0 aliphatic rings. The van der Waals surface area contributed by atoms with Gasteiger partial charge in [-0.15, -0.1) is 0 Å². The zero-order chi connectivity index (χ0) is 16.7. The molecule has 1 aromatic carbocycles. The smallest absolute Gasteiger partial charge is 0.269 e. The zero-order valence-corrected chi connectivity index (χ0v) is 14.4. The number of hydrogen-bond acceptors (Lipinski definition) is 3. The van der Waals surface area contributed by atoms with E-state index < -0.39 is 0 Å². The molecular weight excluding hydrogens is 333 g/mol. The molecule has 0 aliphatic heterocycles. The van der Waals surface area contributed by atoms with Crippen LogP contribution in [0.25, 0.3) is 0 Å². The van der Waals surface area contributed by atoms with Gasteiger partial charge in [0, 0.05) is 6.54 Å². The van der Waals surface area contributed by atoms with E-state index in [9.17, 15) is 4.79 Å². The molecule has 0 unspecified atom stereocenters. The first-order valence-corrected chi connectivity index (χ1v) is 8.32. The van der Waals surface area contributed by atoms with E-state index in [0.29, 0.717) is 33.7 Å². The number of halogens is 2. The number of carbonyl (C=O) groups is 1. The molecule has 0 saturated heterocycles. The molecule has 0 atom stereocenters. The maximum Gasteiger partial charge on any atom is 0.269 e. The molecular formula is C17H19Cl2N3O. The number of para-hydroxylation sites is 1. The summed E-state index contributed by atoms with van der Waals surface area (Å²) in [6.07, 6.45) is 4.79. The van der Waals surface area contributed by atoms with Gasteiger partial charge in [0.15, 0.2) is 0 Å². The van der Waals surface area contributed by atoms with Gasteiger partial charge in [0.25, 0.3) is 5.91 Å². The van der Waals surface area contributed by atoms with Crippen LogP contribution in [0.2, 0.25) is 10.0 Å². The average Bonchev–Trinajstić information content (AvgIpc) is 2.55.